The van der Waals surface area contributed by atoms with Gasteiger partial charge in [0.05, 0.1) is 12.7 Å². The van der Waals surface area contributed by atoms with Crippen LogP contribution >= 0.6 is 17.1 Å². The Morgan fingerprint density at radius 3 is 3.09 bits per heavy atom. The molecule has 0 bridgehead atoms. The minimum absolute atomic E-state index is 0.298. The number of hydrogen-bond acceptors (Lipinski definition) is 3. The monoisotopic (exact) mass is 212 g/mol. The van der Waals surface area contributed by atoms with Gasteiger partial charge in [-0.1, -0.05) is 6.42 Å². The lowest BCUT2D eigenvalue weighted by atomic mass is 10.1. The summed E-state index contributed by atoms with van der Waals surface area (Å²) in [5.41, 5.74) is 0. The summed E-state index contributed by atoms with van der Waals surface area (Å²) in [6.45, 7) is 0.714. The molecule has 0 spiro atoms. The van der Waals surface area contributed by atoms with Crippen LogP contribution in [0.2, 0.25) is 0 Å². The molecule has 5 heteroatoms. The average Bonchev–Trinajstić information content (AvgIpc) is 2.31. The van der Waals surface area contributed by atoms with Gasteiger partial charge in [-0.3, -0.25) is 0 Å². The van der Waals surface area contributed by atoms with Gasteiger partial charge in [0.15, 0.2) is 0 Å². The molecule has 0 aromatic carbocycles. The van der Waals surface area contributed by atoms with Crippen LogP contribution in [0.5, 0.6) is 0 Å². The lowest BCUT2D eigenvalue weighted by molar-refractivity contribution is 0.0726. The minimum Gasteiger partial charge on any atom is -0.318 e. The summed E-state index contributed by atoms with van der Waals surface area (Å²) in [6, 6.07) is 0. The Labute approximate surface area is 76.2 Å². The fraction of sp³-hybridized carbons (Fsp3) is 1.00. The molecular formula is C6H10ClO2PS. The van der Waals surface area contributed by atoms with Gasteiger partial charge in [-0.25, -0.2) is 0 Å². The van der Waals surface area contributed by atoms with Gasteiger partial charge in [-0.2, -0.15) is 0 Å². The highest BCUT2D eigenvalue weighted by Gasteiger charge is 2.37. The second-order valence-electron chi connectivity index (χ2n) is 3.06. The molecule has 1 saturated carbocycles. The van der Waals surface area contributed by atoms with E-state index in [0.29, 0.717) is 18.6 Å². The molecule has 0 radical (unpaired) electrons. The summed E-state index contributed by atoms with van der Waals surface area (Å²) < 4.78 is 10.7. The Hall–Kier alpha value is 0.860. The Bertz CT molecular complexity index is 211. The van der Waals surface area contributed by atoms with E-state index >= 15 is 0 Å². The third-order valence-corrected chi connectivity index (χ3v) is 4.38. The van der Waals surface area contributed by atoms with E-state index in [1.165, 1.54) is 12.8 Å². The van der Waals surface area contributed by atoms with Crippen molar-refractivity contribution in [3.05, 3.63) is 0 Å². The molecule has 1 heterocycles. The van der Waals surface area contributed by atoms with Crippen molar-refractivity contribution in [1.82, 2.24) is 0 Å². The highest BCUT2D eigenvalue weighted by atomic mass is 35.7. The molecule has 1 aliphatic carbocycles. The molecule has 2 nitrogen and oxygen atoms in total. The van der Waals surface area contributed by atoms with Gasteiger partial charge in [-0.05, 0) is 35.9 Å². The van der Waals surface area contributed by atoms with E-state index in [4.69, 9.17) is 32.1 Å². The van der Waals surface area contributed by atoms with Crippen LogP contribution in [0.4, 0.5) is 0 Å². The van der Waals surface area contributed by atoms with Gasteiger partial charge in [-0.15, -0.1) is 0 Å². The summed E-state index contributed by atoms with van der Waals surface area (Å²) in [5.74, 6) is -1.79. The van der Waals surface area contributed by atoms with Crippen LogP contribution in [0.3, 0.4) is 0 Å². The quantitative estimate of drug-likeness (QED) is 0.576. The molecule has 0 N–H and O–H groups in total. The summed E-state index contributed by atoms with van der Waals surface area (Å²) in [5, 5.41) is 0. The van der Waals surface area contributed by atoms with E-state index in [-0.39, 0.29) is 0 Å². The predicted octanol–water partition coefficient (Wildman–Crippen LogP) is 2.67. The zero-order valence-electron chi connectivity index (χ0n) is 6.03. The molecule has 0 aromatic heterocycles. The molecular weight excluding hydrogens is 203 g/mol. The largest absolute Gasteiger partial charge is 0.318 e. The normalized spacial score (nSPS) is 50.6. The number of hydrogen-bond donors (Lipinski definition) is 0. The molecule has 2 fully saturated rings. The molecule has 0 unspecified atom stereocenters. The Kier molecular flexibility index (Phi) is 2.28. The Morgan fingerprint density at radius 2 is 2.27 bits per heavy atom. The van der Waals surface area contributed by atoms with Crippen LogP contribution in [0.15, 0.2) is 0 Å². The van der Waals surface area contributed by atoms with Crippen LogP contribution < -0.4 is 0 Å². The van der Waals surface area contributed by atoms with Crippen molar-refractivity contribution in [2.75, 3.05) is 6.61 Å². The summed E-state index contributed by atoms with van der Waals surface area (Å²) in [6.07, 6.45) is 3.84. The van der Waals surface area contributed by atoms with Gasteiger partial charge < -0.3 is 9.05 Å². The molecule has 0 aromatic rings. The van der Waals surface area contributed by atoms with Gasteiger partial charge in [0.25, 0.3) is 5.84 Å². The summed E-state index contributed by atoms with van der Waals surface area (Å²) >= 11 is 10.8. The lowest BCUT2D eigenvalue weighted by Gasteiger charge is -2.30. The smallest absolute Gasteiger partial charge is 0.282 e. The van der Waals surface area contributed by atoms with E-state index < -0.39 is 5.84 Å². The highest BCUT2D eigenvalue weighted by molar-refractivity contribution is 8.22. The van der Waals surface area contributed by atoms with Gasteiger partial charge in [0.2, 0.25) is 0 Å². The number of fused-ring (bicyclic) bond motifs is 1. The van der Waals surface area contributed by atoms with Crippen LogP contribution in [0.1, 0.15) is 19.3 Å². The van der Waals surface area contributed by atoms with Crippen LogP contribution in [0, 0.1) is 5.92 Å². The fourth-order valence-corrected chi connectivity index (χ4v) is 3.73. The van der Waals surface area contributed by atoms with E-state index in [1.807, 2.05) is 0 Å². The van der Waals surface area contributed by atoms with Crippen molar-refractivity contribution in [2.24, 2.45) is 5.92 Å². The van der Waals surface area contributed by atoms with Crippen LogP contribution in [-0.2, 0) is 20.9 Å². The van der Waals surface area contributed by atoms with Crippen molar-refractivity contribution < 1.29 is 9.05 Å². The molecule has 1 saturated heterocycles. The minimum atomic E-state index is -2.35. The second kappa shape index (κ2) is 2.97. The predicted molar refractivity (Wildman–Crippen MR) is 48.3 cm³/mol. The molecule has 2 aliphatic rings. The van der Waals surface area contributed by atoms with E-state index in [1.54, 1.807) is 0 Å². The standard InChI is InChI=1S/C6H10ClO2PS/c7-10(11)8-4-5-2-1-3-6(5)9-10/h5-6H,1-4H2/t5-,6-,10-/m1/s1. The Morgan fingerprint density at radius 1 is 1.45 bits per heavy atom. The highest BCUT2D eigenvalue weighted by Crippen LogP contribution is 2.60. The van der Waals surface area contributed by atoms with Gasteiger partial charge in [0, 0.05) is 5.92 Å². The van der Waals surface area contributed by atoms with Crippen LogP contribution in [-0.4, -0.2) is 12.7 Å². The van der Waals surface area contributed by atoms with Crippen molar-refractivity contribution in [3.8, 4) is 0 Å². The lowest BCUT2D eigenvalue weighted by Crippen LogP contribution is -2.25. The average molecular weight is 213 g/mol. The maximum Gasteiger partial charge on any atom is 0.282 e. The molecule has 2 rings (SSSR count). The first-order valence-electron chi connectivity index (χ1n) is 3.80. The van der Waals surface area contributed by atoms with E-state index in [0.717, 1.165) is 6.42 Å². The summed E-state index contributed by atoms with van der Waals surface area (Å²) in [7, 11) is 0. The SMILES string of the molecule is S=[P@]1(Cl)OC[C@H]2CCC[C@H]2O1. The molecule has 1 aliphatic heterocycles. The fourth-order valence-electron chi connectivity index (χ4n) is 1.71. The van der Waals surface area contributed by atoms with Crippen LogP contribution in [0.25, 0.3) is 0 Å². The maximum absolute atomic E-state index is 5.82. The summed E-state index contributed by atoms with van der Waals surface area (Å²) in [4.78, 5) is 0. The van der Waals surface area contributed by atoms with Crippen molar-refractivity contribution in [3.63, 3.8) is 0 Å². The van der Waals surface area contributed by atoms with Crippen molar-refractivity contribution in [2.45, 2.75) is 25.4 Å². The first-order valence-corrected chi connectivity index (χ1v) is 7.34. The molecule has 64 valence electrons. The topological polar surface area (TPSA) is 18.5 Å². The van der Waals surface area contributed by atoms with Crippen molar-refractivity contribution in [1.29, 1.82) is 0 Å². The maximum atomic E-state index is 5.82. The van der Waals surface area contributed by atoms with E-state index in [9.17, 15) is 0 Å². The zero-order valence-corrected chi connectivity index (χ0v) is 8.50. The number of rotatable bonds is 0. The Balaban J connectivity index is 2.08. The zero-order chi connectivity index (χ0) is 7.90. The third-order valence-electron chi connectivity index (χ3n) is 2.29. The molecule has 3 atom stereocenters. The van der Waals surface area contributed by atoms with E-state index in [2.05, 4.69) is 0 Å². The number of halogens is 1. The first-order chi connectivity index (χ1) is 5.17. The molecule has 11 heavy (non-hydrogen) atoms. The first kappa shape index (κ1) is 8.46. The van der Waals surface area contributed by atoms with Crippen molar-refractivity contribution >= 4 is 28.9 Å². The van der Waals surface area contributed by atoms with Gasteiger partial charge in [0.1, 0.15) is 0 Å². The third kappa shape index (κ3) is 1.78. The van der Waals surface area contributed by atoms with Gasteiger partial charge >= 0.3 is 0 Å². The second-order valence-corrected chi connectivity index (χ2v) is 7.77. The molecule has 0 amide bonds.